The number of hydrogen-bond acceptors (Lipinski definition) is 5. The van der Waals surface area contributed by atoms with Crippen LogP contribution in [0.25, 0.3) is 11.3 Å². The Labute approximate surface area is 141 Å². The molecule has 2 aromatic rings. The second kappa shape index (κ2) is 7.88. The van der Waals surface area contributed by atoms with E-state index in [2.05, 4.69) is 15.3 Å². The van der Waals surface area contributed by atoms with Crippen LogP contribution in [0.1, 0.15) is 23.2 Å². The van der Waals surface area contributed by atoms with Gasteiger partial charge in [-0.3, -0.25) is 4.79 Å². The number of rotatable bonds is 6. The van der Waals surface area contributed by atoms with Crippen molar-refractivity contribution in [3.8, 4) is 17.1 Å². The number of nitrogens with zero attached hydrogens (tertiary/aromatic N) is 2. The molecule has 6 nitrogen and oxygen atoms in total. The zero-order valence-corrected chi connectivity index (χ0v) is 13.7. The van der Waals surface area contributed by atoms with Crippen LogP contribution in [-0.2, 0) is 4.74 Å². The average Bonchev–Trinajstić information content (AvgIpc) is 3.15. The first kappa shape index (κ1) is 16.4. The fourth-order valence-corrected chi connectivity index (χ4v) is 2.76. The van der Waals surface area contributed by atoms with Crippen molar-refractivity contribution >= 4 is 5.91 Å². The highest BCUT2D eigenvalue weighted by Gasteiger charge is 2.16. The molecule has 6 heteroatoms. The predicted octanol–water partition coefficient (Wildman–Crippen LogP) is 2.31. The summed E-state index contributed by atoms with van der Waals surface area (Å²) >= 11 is 0. The number of carbonyl (C=O) groups excluding carboxylic acids is 1. The summed E-state index contributed by atoms with van der Waals surface area (Å²) in [6.07, 6.45) is 5.25. The Morgan fingerprint density at radius 1 is 1.29 bits per heavy atom. The fraction of sp³-hybridized carbons (Fsp3) is 0.389. The molecule has 0 aliphatic carbocycles. The number of ether oxygens (including phenoxy) is 2. The Bertz CT molecular complexity index is 682. The van der Waals surface area contributed by atoms with E-state index in [0.29, 0.717) is 29.6 Å². The number of nitrogens with one attached hydrogen (secondary N) is 1. The van der Waals surface area contributed by atoms with Crippen molar-refractivity contribution in [2.24, 2.45) is 5.92 Å². The van der Waals surface area contributed by atoms with E-state index in [1.165, 1.54) is 0 Å². The van der Waals surface area contributed by atoms with Crippen molar-refractivity contribution in [1.29, 1.82) is 0 Å². The molecule has 1 N–H and O–H groups in total. The van der Waals surface area contributed by atoms with Crippen molar-refractivity contribution in [3.05, 3.63) is 42.2 Å². The van der Waals surface area contributed by atoms with Gasteiger partial charge in [0.25, 0.3) is 5.91 Å². The van der Waals surface area contributed by atoms with Gasteiger partial charge in [-0.2, -0.15) is 0 Å². The lowest BCUT2D eigenvalue weighted by Crippen LogP contribution is -2.26. The fourth-order valence-electron chi connectivity index (χ4n) is 2.76. The Kier molecular flexibility index (Phi) is 5.38. The summed E-state index contributed by atoms with van der Waals surface area (Å²) < 4.78 is 10.6. The maximum absolute atomic E-state index is 12.2. The van der Waals surface area contributed by atoms with Crippen LogP contribution in [0.5, 0.6) is 5.88 Å². The van der Waals surface area contributed by atoms with E-state index in [0.717, 1.165) is 31.6 Å². The van der Waals surface area contributed by atoms with Crippen LogP contribution in [0, 0.1) is 5.92 Å². The second-order valence-electron chi connectivity index (χ2n) is 5.77. The molecule has 1 aliphatic heterocycles. The minimum Gasteiger partial charge on any atom is -0.479 e. The highest BCUT2D eigenvalue weighted by Crippen LogP contribution is 2.25. The highest BCUT2D eigenvalue weighted by atomic mass is 16.5. The summed E-state index contributed by atoms with van der Waals surface area (Å²) in [7, 11) is 1.56. The Morgan fingerprint density at radius 2 is 2.08 bits per heavy atom. The third-order valence-corrected chi connectivity index (χ3v) is 4.14. The maximum Gasteiger partial charge on any atom is 0.251 e. The lowest BCUT2D eigenvalue weighted by Gasteiger charge is -2.09. The average molecular weight is 327 g/mol. The zero-order valence-electron chi connectivity index (χ0n) is 13.7. The van der Waals surface area contributed by atoms with Crippen molar-refractivity contribution in [3.63, 3.8) is 0 Å². The first-order valence-electron chi connectivity index (χ1n) is 8.09. The molecular weight excluding hydrogens is 306 g/mol. The molecule has 0 radical (unpaired) electrons. The maximum atomic E-state index is 12.2. The molecule has 0 spiro atoms. The van der Waals surface area contributed by atoms with E-state index in [9.17, 15) is 4.79 Å². The first-order valence-corrected chi connectivity index (χ1v) is 8.09. The van der Waals surface area contributed by atoms with Gasteiger partial charge in [0.05, 0.1) is 7.11 Å². The molecule has 3 rings (SSSR count). The molecule has 1 aromatic carbocycles. The van der Waals surface area contributed by atoms with Gasteiger partial charge >= 0.3 is 0 Å². The van der Waals surface area contributed by atoms with Gasteiger partial charge in [0, 0.05) is 43.3 Å². The molecule has 1 amide bonds. The molecule has 0 bridgehead atoms. The highest BCUT2D eigenvalue weighted by molar-refractivity contribution is 5.94. The quantitative estimate of drug-likeness (QED) is 0.881. The molecule has 1 atom stereocenters. The zero-order chi connectivity index (χ0) is 16.8. The van der Waals surface area contributed by atoms with Gasteiger partial charge in [-0.1, -0.05) is 12.1 Å². The lowest BCUT2D eigenvalue weighted by atomic mass is 10.1. The number of aromatic nitrogens is 2. The molecule has 24 heavy (non-hydrogen) atoms. The molecule has 1 aromatic heterocycles. The Hall–Kier alpha value is -2.47. The van der Waals surface area contributed by atoms with Crippen LogP contribution in [0.15, 0.2) is 36.7 Å². The van der Waals surface area contributed by atoms with E-state index < -0.39 is 0 Å². The normalized spacial score (nSPS) is 16.8. The van der Waals surface area contributed by atoms with Gasteiger partial charge in [0.2, 0.25) is 5.88 Å². The van der Waals surface area contributed by atoms with Crippen molar-refractivity contribution in [2.75, 3.05) is 26.9 Å². The minimum atomic E-state index is -0.0634. The molecule has 1 aliphatic rings. The molecule has 1 saturated heterocycles. The summed E-state index contributed by atoms with van der Waals surface area (Å²) in [6, 6.07) is 7.29. The standard InChI is InChI=1S/C18H21N3O3/c1-23-18-16(19-9-10-21-18)14-2-4-15(5-3-14)17(22)20-8-6-13-7-11-24-12-13/h2-5,9-10,13H,6-8,11-12H2,1H3,(H,20,22)/t13-/m0/s1. The second-order valence-corrected chi connectivity index (χ2v) is 5.77. The van der Waals surface area contributed by atoms with Crippen LogP contribution in [-0.4, -0.2) is 42.7 Å². The molecule has 1 fully saturated rings. The number of amides is 1. The van der Waals surface area contributed by atoms with Gasteiger partial charge in [-0.05, 0) is 30.9 Å². The predicted molar refractivity (Wildman–Crippen MR) is 89.9 cm³/mol. The van der Waals surface area contributed by atoms with Gasteiger partial charge in [0.1, 0.15) is 5.69 Å². The van der Waals surface area contributed by atoms with Gasteiger partial charge in [-0.15, -0.1) is 0 Å². The molecule has 0 saturated carbocycles. The molecule has 2 heterocycles. The number of hydrogen-bond donors (Lipinski definition) is 1. The number of benzene rings is 1. The van der Waals surface area contributed by atoms with Gasteiger partial charge < -0.3 is 14.8 Å². The van der Waals surface area contributed by atoms with E-state index in [-0.39, 0.29) is 5.91 Å². The van der Waals surface area contributed by atoms with E-state index in [4.69, 9.17) is 9.47 Å². The smallest absolute Gasteiger partial charge is 0.251 e. The number of carbonyl (C=O) groups is 1. The summed E-state index contributed by atoms with van der Waals surface area (Å²) in [5.41, 5.74) is 2.15. The van der Waals surface area contributed by atoms with Crippen molar-refractivity contribution in [2.45, 2.75) is 12.8 Å². The van der Waals surface area contributed by atoms with Crippen LogP contribution >= 0.6 is 0 Å². The van der Waals surface area contributed by atoms with E-state index in [1.807, 2.05) is 12.1 Å². The van der Waals surface area contributed by atoms with E-state index >= 15 is 0 Å². The van der Waals surface area contributed by atoms with Crippen molar-refractivity contribution in [1.82, 2.24) is 15.3 Å². The third kappa shape index (κ3) is 3.89. The third-order valence-electron chi connectivity index (χ3n) is 4.14. The monoisotopic (exact) mass is 327 g/mol. The topological polar surface area (TPSA) is 73.3 Å². The summed E-state index contributed by atoms with van der Waals surface area (Å²) in [5, 5.41) is 2.96. The largest absolute Gasteiger partial charge is 0.479 e. The van der Waals surface area contributed by atoms with Crippen LogP contribution in [0.2, 0.25) is 0 Å². The first-order chi connectivity index (χ1) is 11.8. The molecule has 126 valence electrons. The Balaban J connectivity index is 1.60. The summed E-state index contributed by atoms with van der Waals surface area (Å²) in [5.74, 6) is 0.969. The molecule has 0 unspecified atom stereocenters. The van der Waals surface area contributed by atoms with Gasteiger partial charge in [-0.25, -0.2) is 9.97 Å². The SMILES string of the molecule is COc1nccnc1-c1ccc(C(=O)NCC[C@H]2CCOC2)cc1. The molecular formula is C18H21N3O3. The minimum absolute atomic E-state index is 0.0634. The van der Waals surface area contributed by atoms with Crippen molar-refractivity contribution < 1.29 is 14.3 Å². The van der Waals surface area contributed by atoms with Crippen LogP contribution in [0.4, 0.5) is 0 Å². The van der Waals surface area contributed by atoms with Crippen LogP contribution < -0.4 is 10.1 Å². The van der Waals surface area contributed by atoms with E-state index in [1.54, 1.807) is 31.6 Å². The van der Waals surface area contributed by atoms with Gasteiger partial charge in [0.15, 0.2) is 0 Å². The number of methoxy groups -OCH3 is 1. The summed E-state index contributed by atoms with van der Waals surface area (Å²) in [4.78, 5) is 20.6. The Morgan fingerprint density at radius 3 is 2.79 bits per heavy atom. The summed E-state index contributed by atoms with van der Waals surface area (Å²) in [6.45, 7) is 2.32. The lowest BCUT2D eigenvalue weighted by molar-refractivity contribution is 0.0950. The van der Waals surface area contributed by atoms with Crippen LogP contribution in [0.3, 0.4) is 0 Å².